The van der Waals surface area contributed by atoms with Crippen LogP contribution in [0.3, 0.4) is 0 Å². The van der Waals surface area contributed by atoms with Crippen molar-refractivity contribution in [2.75, 3.05) is 6.54 Å². The van der Waals surface area contributed by atoms with Crippen LogP contribution in [0.4, 0.5) is 0 Å². The maximum Gasteiger partial charge on any atom is 0.242 e. The third-order valence-corrected chi connectivity index (χ3v) is 7.75. The molecule has 37 heavy (non-hydrogen) atoms. The van der Waals surface area contributed by atoms with Crippen molar-refractivity contribution in [3.8, 4) is 0 Å². The summed E-state index contributed by atoms with van der Waals surface area (Å²) >= 11 is 5.93. The van der Waals surface area contributed by atoms with E-state index < -0.39 is 16.1 Å². The third kappa shape index (κ3) is 8.42. The van der Waals surface area contributed by atoms with Gasteiger partial charge in [0.2, 0.25) is 21.8 Å². The normalized spacial score (nSPS) is 12.1. The SMILES string of the molecule is CCNS(=O)(=O)c1ccc(CCC(=O)N(Cc2ccccc2)[C@H](C)C(=O)NCc2ccc(Cl)cc2)cc1. The molecule has 0 aliphatic heterocycles. The molecule has 0 fully saturated rings. The van der Waals surface area contributed by atoms with Crippen LogP contribution in [0.5, 0.6) is 0 Å². The predicted octanol–water partition coefficient (Wildman–Crippen LogP) is 4.30. The van der Waals surface area contributed by atoms with Crippen molar-refractivity contribution >= 4 is 33.4 Å². The first-order valence-corrected chi connectivity index (χ1v) is 14.0. The zero-order chi connectivity index (χ0) is 26.8. The van der Waals surface area contributed by atoms with Gasteiger partial charge < -0.3 is 10.2 Å². The van der Waals surface area contributed by atoms with Gasteiger partial charge in [-0.05, 0) is 54.3 Å². The van der Waals surface area contributed by atoms with Gasteiger partial charge in [-0.1, -0.05) is 73.1 Å². The number of halogens is 1. The molecule has 0 aliphatic rings. The van der Waals surface area contributed by atoms with Gasteiger partial charge in [0, 0.05) is 31.1 Å². The summed E-state index contributed by atoms with van der Waals surface area (Å²) in [6.45, 7) is 4.38. The average molecular weight is 542 g/mol. The lowest BCUT2D eigenvalue weighted by molar-refractivity contribution is -0.140. The standard InChI is InChI=1S/C28H32ClN3O4S/c1-3-31-37(35,36)26-16-11-22(12-17-26)13-18-27(33)32(20-24-7-5-4-6-8-24)21(2)28(34)30-19-23-9-14-25(29)15-10-23/h4-12,14-17,21,31H,3,13,18-20H2,1-2H3,(H,30,34)/t21-/m1/s1. The van der Waals surface area contributed by atoms with E-state index in [4.69, 9.17) is 11.6 Å². The highest BCUT2D eigenvalue weighted by Gasteiger charge is 2.26. The summed E-state index contributed by atoms with van der Waals surface area (Å²) in [7, 11) is -3.53. The predicted molar refractivity (Wildman–Crippen MR) is 145 cm³/mol. The number of carbonyl (C=O) groups is 2. The van der Waals surface area contributed by atoms with Crippen molar-refractivity contribution < 1.29 is 18.0 Å². The number of carbonyl (C=O) groups excluding carboxylic acids is 2. The van der Waals surface area contributed by atoms with Crippen molar-refractivity contribution in [1.29, 1.82) is 0 Å². The Morgan fingerprint density at radius 1 is 0.892 bits per heavy atom. The van der Waals surface area contributed by atoms with Gasteiger partial charge >= 0.3 is 0 Å². The van der Waals surface area contributed by atoms with E-state index in [0.29, 0.717) is 31.1 Å². The molecule has 0 heterocycles. The molecular formula is C28H32ClN3O4S. The number of hydrogen-bond acceptors (Lipinski definition) is 4. The van der Waals surface area contributed by atoms with Crippen LogP contribution < -0.4 is 10.0 Å². The summed E-state index contributed by atoms with van der Waals surface area (Å²) in [6, 6.07) is 22.5. The fourth-order valence-electron chi connectivity index (χ4n) is 3.81. The second-order valence-corrected chi connectivity index (χ2v) is 10.9. The molecule has 2 N–H and O–H groups in total. The Morgan fingerprint density at radius 3 is 2.14 bits per heavy atom. The second-order valence-electron chi connectivity index (χ2n) is 8.67. The highest BCUT2D eigenvalue weighted by molar-refractivity contribution is 7.89. The van der Waals surface area contributed by atoms with Gasteiger partial charge in [-0.3, -0.25) is 9.59 Å². The van der Waals surface area contributed by atoms with E-state index in [-0.39, 0.29) is 23.1 Å². The quantitative estimate of drug-likeness (QED) is 0.357. The number of sulfonamides is 1. The lowest BCUT2D eigenvalue weighted by atomic mass is 10.1. The number of nitrogens with one attached hydrogen (secondary N) is 2. The first-order valence-electron chi connectivity index (χ1n) is 12.1. The Kier molecular flexibility index (Phi) is 10.3. The second kappa shape index (κ2) is 13.4. The van der Waals surface area contributed by atoms with Gasteiger partial charge in [0.25, 0.3) is 0 Å². The minimum Gasteiger partial charge on any atom is -0.350 e. The molecule has 196 valence electrons. The van der Waals surface area contributed by atoms with Gasteiger partial charge in [0.1, 0.15) is 6.04 Å². The van der Waals surface area contributed by atoms with Gasteiger partial charge in [0.05, 0.1) is 4.90 Å². The molecule has 0 saturated carbocycles. The molecule has 0 bridgehead atoms. The number of aryl methyl sites for hydroxylation is 1. The molecule has 1 atom stereocenters. The van der Waals surface area contributed by atoms with Crippen molar-refractivity contribution in [2.24, 2.45) is 0 Å². The number of nitrogens with zero attached hydrogens (tertiary/aromatic N) is 1. The van der Waals surface area contributed by atoms with E-state index in [1.807, 2.05) is 42.5 Å². The Hall–Kier alpha value is -3.20. The molecule has 0 saturated heterocycles. The van der Waals surface area contributed by atoms with E-state index in [9.17, 15) is 18.0 Å². The van der Waals surface area contributed by atoms with E-state index in [2.05, 4.69) is 10.0 Å². The van der Waals surface area contributed by atoms with Crippen LogP contribution in [0, 0.1) is 0 Å². The Bertz CT molecular complexity index is 1280. The molecule has 9 heteroatoms. The van der Waals surface area contributed by atoms with E-state index >= 15 is 0 Å². The van der Waals surface area contributed by atoms with Gasteiger partial charge in [-0.2, -0.15) is 0 Å². The zero-order valence-electron chi connectivity index (χ0n) is 21.0. The summed E-state index contributed by atoms with van der Waals surface area (Å²) in [5.74, 6) is -0.417. The van der Waals surface area contributed by atoms with E-state index in [1.165, 1.54) is 12.1 Å². The maximum atomic E-state index is 13.3. The van der Waals surface area contributed by atoms with Crippen molar-refractivity contribution in [3.63, 3.8) is 0 Å². The zero-order valence-corrected chi connectivity index (χ0v) is 22.6. The highest BCUT2D eigenvalue weighted by Crippen LogP contribution is 2.16. The van der Waals surface area contributed by atoms with Crippen LogP contribution in [0.15, 0.2) is 83.8 Å². The average Bonchev–Trinajstić information content (AvgIpc) is 2.90. The van der Waals surface area contributed by atoms with Crippen LogP contribution in [0.1, 0.15) is 37.0 Å². The lowest BCUT2D eigenvalue weighted by Gasteiger charge is -2.29. The number of hydrogen-bond donors (Lipinski definition) is 2. The Balaban J connectivity index is 1.67. The summed E-state index contributed by atoms with van der Waals surface area (Å²) in [5, 5.41) is 3.53. The number of amides is 2. The first-order chi connectivity index (χ1) is 17.7. The van der Waals surface area contributed by atoms with Crippen LogP contribution in [0.2, 0.25) is 5.02 Å². The fourth-order valence-corrected chi connectivity index (χ4v) is 4.97. The number of benzene rings is 3. The highest BCUT2D eigenvalue weighted by atomic mass is 35.5. The Morgan fingerprint density at radius 2 is 1.51 bits per heavy atom. The summed E-state index contributed by atoms with van der Waals surface area (Å²) in [4.78, 5) is 28.1. The monoisotopic (exact) mass is 541 g/mol. The van der Waals surface area contributed by atoms with Crippen LogP contribution in [-0.4, -0.2) is 37.7 Å². The topological polar surface area (TPSA) is 95.6 Å². The smallest absolute Gasteiger partial charge is 0.242 e. The molecular weight excluding hydrogens is 510 g/mol. The minimum absolute atomic E-state index is 0.164. The molecule has 0 aliphatic carbocycles. The molecule has 2 amide bonds. The Labute approximate surface area is 223 Å². The molecule has 0 spiro atoms. The van der Waals surface area contributed by atoms with Crippen molar-refractivity contribution in [3.05, 3.63) is 101 Å². The molecule has 3 aromatic rings. The minimum atomic E-state index is -3.53. The van der Waals surface area contributed by atoms with Gasteiger partial charge in [-0.25, -0.2) is 13.1 Å². The lowest BCUT2D eigenvalue weighted by Crippen LogP contribution is -2.47. The van der Waals surface area contributed by atoms with Crippen molar-refractivity contribution in [1.82, 2.24) is 14.9 Å². The summed E-state index contributed by atoms with van der Waals surface area (Å²) in [6.07, 6.45) is 0.603. The third-order valence-electron chi connectivity index (χ3n) is 5.94. The van der Waals surface area contributed by atoms with Crippen LogP contribution in [-0.2, 0) is 39.1 Å². The largest absolute Gasteiger partial charge is 0.350 e. The van der Waals surface area contributed by atoms with Crippen molar-refractivity contribution in [2.45, 2.75) is 50.7 Å². The van der Waals surface area contributed by atoms with E-state index in [1.54, 1.807) is 43.0 Å². The molecule has 7 nitrogen and oxygen atoms in total. The summed E-state index contributed by atoms with van der Waals surface area (Å²) in [5.41, 5.74) is 2.67. The van der Waals surface area contributed by atoms with E-state index in [0.717, 1.165) is 16.7 Å². The fraction of sp³-hybridized carbons (Fsp3) is 0.286. The molecule has 3 rings (SSSR count). The summed E-state index contributed by atoms with van der Waals surface area (Å²) < 4.78 is 26.8. The maximum absolute atomic E-state index is 13.3. The molecule has 0 aromatic heterocycles. The first kappa shape index (κ1) is 28.4. The molecule has 0 unspecified atom stereocenters. The number of rotatable bonds is 12. The van der Waals surface area contributed by atoms with Gasteiger partial charge in [0.15, 0.2) is 0 Å². The van der Waals surface area contributed by atoms with Gasteiger partial charge in [-0.15, -0.1) is 0 Å². The molecule has 3 aromatic carbocycles. The van der Waals surface area contributed by atoms with Crippen LogP contribution in [0.25, 0.3) is 0 Å². The van der Waals surface area contributed by atoms with Crippen LogP contribution >= 0.6 is 11.6 Å². The molecule has 0 radical (unpaired) electrons.